The van der Waals surface area contributed by atoms with Crippen LogP contribution < -0.4 is 5.73 Å². The molecule has 1 rings (SSSR count). The molecule has 0 aromatic carbocycles. The molecule has 0 amide bonds. The molecule has 3 N–H and O–H groups in total. The monoisotopic (exact) mass is 142 g/mol. The third kappa shape index (κ3) is 1.97. The third-order valence-electron chi connectivity index (χ3n) is 2.02. The Bertz CT molecular complexity index is 110. The number of rotatable bonds is 1. The molecule has 0 aromatic rings. The van der Waals surface area contributed by atoms with Crippen molar-refractivity contribution in [2.75, 3.05) is 13.1 Å². The number of hydrogen-bond donors (Lipinski definition) is 2. The van der Waals surface area contributed by atoms with Gasteiger partial charge in [0, 0.05) is 12.6 Å². The average molecular weight is 142 g/mol. The molecule has 0 spiro atoms. The SMILES string of the molecule is CB(O)N1CCCC(N)C1. The van der Waals surface area contributed by atoms with Gasteiger partial charge in [0.2, 0.25) is 0 Å². The number of hydrogen-bond acceptors (Lipinski definition) is 3. The summed E-state index contributed by atoms with van der Waals surface area (Å²) in [6, 6.07) is 0.267. The zero-order valence-electron chi connectivity index (χ0n) is 6.45. The molecule has 0 aliphatic carbocycles. The minimum absolute atomic E-state index is 0.267. The Labute approximate surface area is 62.3 Å². The summed E-state index contributed by atoms with van der Waals surface area (Å²) >= 11 is 0. The first-order valence-corrected chi connectivity index (χ1v) is 3.88. The summed E-state index contributed by atoms with van der Waals surface area (Å²) in [6.07, 6.45) is 2.22. The maximum absolute atomic E-state index is 9.17. The fraction of sp³-hybridized carbons (Fsp3) is 1.00. The van der Waals surface area contributed by atoms with Crippen molar-refractivity contribution in [3.63, 3.8) is 0 Å². The van der Waals surface area contributed by atoms with Crippen LogP contribution in [0.5, 0.6) is 0 Å². The first kappa shape index (κ1) is 8.05. The Morgan fingerprint density at radius 3 is 2.80 bits per heavy atom. The Kier molecular flexibility index (Phi) is 2.71. The second kappa shape index (κ2) is 3.37. The van der Waals surface area contributed by atoms with Gasteiger partial charge in [-0.2, -0.15) is 0 Å². The van der Waals surface area contributed by atoms with Crippen molar-refractivity contribution in [3.8, 4) is 0 Å². The Hall–Kier alpha value is -0.0551. The minimum Gasteiger partial charge on any atom is -0.437 e. The van der Waals surface area contributed by atoms with Crippen LogP contribution in [0.15, 0.2) is 0 Å². The van der Waals surface area contributed by atoms with Crippen molar-refractivity contribution < 1.29 is 5.02 Å². The van der Waals surface area contributed by atoms with Crippen LogP contribution in [0, 0.1) is 0 Å². The zero-order chi connectivity index (χ0) is 7.56. The molecule has 10 heavy (non-hydrogen) atoms. The van der Waals surface area contributed by atoms with E-state index < -0.39 is 0 Å². The van der Waals surface area contributed by atoms with E-state index in [0.29, 0.717) is 0 Å². The second-order valence-corrected chi connectivity index (χ2v) is 3.03. The lowest BCUT2D eigenvalue weighted by molar-refractivity contribution is 0.286. The van der Waals surface area contributed by atoms with Gasteiger partial charge < -0.3 is 15.6 Å². The van der Waals surface area contributed by atoms with E-state index in [1.54, 1.807) is 6.82 Å². The van der Waals surface area contributed by atoms with Crippen molar-refractivity contribution in [3.05, 3.63) is 0 Å². The molecule has 1 heterocycles. The van der Waals surface area contributed by atoms with Gasteiger partial charge >= 0.3 is 7.05 Å². The maximum atomic E-state index is 9.17. The first-order valence-electron chi connectivity index (χ1n) is 3.88. The standard InChI is InChI=1S/C6H15BN2O/c1-7(10)9-4-2-3-6(8)5-9/h6,10H,2-5,8H2,1H3. The van der Waals surface area contributed by atoms with Gasteiger partial charge in [0.05, 0.1) is 0 Å². The summed E-state index contributed by atoms with van der Waals surface area (Å²) in [5.74, 6) is 0. The van der Waals surface area contributed by atoms with Crippen molar-refractivity contribution >= 4 is 7.05 Å². The molecule has 1 aliphatic rings. The number of nitrogens with zero attached hydrogens (tertiary/aromatic N) is 1. The van der Waals surface area contributed by atoms with Crippen molar-refractivity contribution in [1.29, 1.82) is 0 Å². The minimum atomic E-state index is -0.327. The van der Waals surface area contributed by atoms with E-state index in [2.05, 4.69) is 0 Å². The van der Waals surface area contributed by atoms with Crippen LogP contribution in [-0.4, -0.2) is 36.0 Å². The van der Waals surface area contributed by atoms with Crippen molar-refractivity contribution in [1.82, 2.24) is 4.81 Å². The molecule has 1 fully saturated rings. The van der Waals surface area contributed by atoms with Crippen LogP contribution in [0.3, 0.4) is 0 Å². The predicted octanol–water partition coefficient (Wildman–Crippen LogP) is -0.480. The van der Waals surface area contributed by atoms with E-state index in [9.17, 15) is 0 Å². The molecule has 3 nitrogen and oxygen atoms in total. The second-order valence-electron chi connectivity index (χ2n) is 3.03. The smallest absolute Gasteiger partial charge is 0.376 e. The Morgan fingerprint density at radius 1 is 1.70 bits per heavy atom. The summed E-state index contributed by atoms with van der Waals surface area (Å²) in [7, 11) is -0.327. The van der Waals surface area contributed by atoms with Gasteiger partial charge in [-0.1, -0.05) is 0 Å². The topological polar surface area (TPSA) is 49.5 Å². The predicted molar refractivity (Wildman–Crippen MR) is 42.6 cm³/mol. The van der Waals surface area contributed by atoms with Crippen LogP contribution in [0.1, 0.15) is 12.8 Å². The van der Waals surface area contributed by atoms with E-state index in [1.165, 1.54) is 0 Å². The summed E-state index contributed by atoms with van der Waals surface area (Å²) in [6.45, 7) is 3.63. The van der Waals surface area contributed by atoms with Crippen LogP contribution in [-0.2, 0) is 0 Å². The van der Waals surface area contributed by atoms with Crippen LogP contribution in [0.2, 0.25) is 6.82 Å². The van der Waals surface area contributed by atoms with Gasteiger partial charge in [0.15, 0.2) is 0 Å². The van der Waals surface area contributed by atoms with E-state index in [-0.39, 0.29) is 13.1 Å². The summed E-state index contributed by atoms with van der Waals surface area (Å²) in [5, 5.41) is 9.17. The third-order valence-corrected chi connectivity index (χ3v) is 2.02. The fourth-order valence-corrected chi connectivity index (χ4v) is 1.38. The van der Waals surface area contributed by atoms with E-state index in [4.69, 9.17) is 10.8 Å². The molecule has 1 aliphatic heterocycles. The molecule has 0 bridgehead atoms. The van der Waals surface area contributed by atoms with Gasteiger partial charge in [-0.15, -0.1) is 0 Å². The lowest BCUT2D eigenvalue weighted by Gasteiger charge is -2.31. The summed E-state index contributed by atoms with van der Waals surface area (Å²) < 4.78 is 0. The molecule has 0 radical (unpaired) electrons. The molecule has 1 atom stereocenters. The molecule has 58 valence electrons. The lowest BCUT2D eigenvalue weighted by atomic mass is 9.82. The number of piperidine rings is 1. The highest BCUT2D eigenvalue weighted by molar-refractivity contribution is 6.45. The first-order chi connectivity index (χ1) is 4.70. The Morgan fingerprint density at radius 2 is 2.40 bits per heavy atom. The molecular formula is C6H15BN2O. The lowest BCUT2D eigenvalue weighted by Crippen LogP contribution is -2.48. The maximum Gasteiger partial charge on any atom is 0.376 e. The molecule has 0 aromatic heterocycles. The number of nitrogens with two attached hydrogens (primary N) is 1. The normalized spacial score (nSPS) is 28.5. The van der Waals surface area contributed by atoms with Gasteiger partial charge in [0.1, 0.15) is 0 Å². The van der Waals surface area contributed by atoms with Crippen LogP contribution in [0.25, 0.3) is 0 Å². The molecule has 1 saturated heterocycles. The quantitative estimate of drug-likeness (QED) is 0.486. The highest BCUT2D eigenvalue weighted by Crippen LogP contribution is 2.08. The van der Waals surface area contributed by atoms with Gasteiger partial charge in [-0.05, 0) is 26.2 Å². The largest absolute Gasteiger partial charge is 0.437 e. The van der Waals surface area contributed by atoms with Crippen LogP contribution >= 0.6 is 0 Å². The highest BCUT2D eigenvalue weighted by Gasteiger charge is 2.21. The fourth-order valence-electron chi connectivity index (χ4n) is 1.38. The van der Waals surface area contributed by atoms with Crippen LogP contribution in [0.4, 0.5) is 0 Å². The van der Waals surface area contributed by atoms with E-state index >= 15 is 0 Å². The molecular weight excluding hydrogens is 127 g/mol. The van der Waals surface area contributed by atoms with Gasteiger partial charge in [-0.25, -0.2) is 0 Å². The van der Waals surface area contributed by atoms with Gasteiger partial charge in [-0.3, -0.25) is 0 Å². The van der Waals surface area contributed by atoms with E-state index in [0.717, 1.165) is 25.9 Å². The van der Waals surface area contributed by atoms with E-state index in [1.807, 2.05) is 4.81 Å². The van der Waals surface area contributed by atoms with Crippen molar-refractivity contribution in [2.45, 2.75) is 25.7 Å². The molecule has 1 unspecified atom stereocenters. The summed E-state index contributed by atoms with van der Waals surface area (Å²) in [5.41, 5.74) is 5.71. The highest BCUT2D eigenvalue weighted by atomic mass is 16.2. The molecule has 0 saturated carbocycles. The summed E-state index contributed by atoms with van der Waals surface area (Å²) in [4.78, 5) is 2.01. The van der Waals surface area contributed by atoms with Gasteiger partial charge in [0.25, 0.3) is 0 Å². The average Bonchev–Trinajstić information content (AvgIpc) is 1.88. The zero-order valence-corrected chi connectivity index (χ0v) is 6.45. The Balaban J connectivity index is 2.32. The van der Waals surface area contributed by atoms with Crippen molar-refractivity contribution in [2.24, 2.45) is 5.73 Å². The molecule has 4 heteroatoms.